The summed E-state index contributed by atoms with van der Waals surface area (Å²) in [7, 11) is 0. The van der Waals surface area contributed by atoms with Crippen LogP contribution in [0.3, 0.4) is 0 Å². The molecule has 1 aromatic heterocycles. The average Bonchev–Trinajstić information content (AvgIpc) is 3.30. The minimum Gasteiger partial charge on any atom is -0.481 e. The van der Waals surface area contributed by atoms with E-state index in [1.54, 1.807) is 25.1 Å². The molecule has 0 radical (unpaired) electrons. The number of benzene rings is 3. The van der Waals surface area contributed by atoms with Crippen molar-refractivity contribution < 1.29 is 28.2 Å². The van der Waals surface area contributed by atoms with E-state index in [1.165, 1.54) is 12.1 Å². The SMILES string of the molecule is CCC(Oc1cccc(CNCCC(Oc2ccc(F)cc2)c2nc3ccccc3o2)c1)C(=O)O. The third kappa shape index (κ3) is 6.58. The molecule has 35 heavy (non-hydrogen) atoms. The summed E-state index contributed by atoms with van der Waals surface area (Å²) >= 11 is 0. The number of aromatic nitrogens is 1. The number of carboxylic acids is 1. The molecule has 0 aliphatic carbocycles. The van der Waals surface area contributed by atoms with E-state index in [0.717, 1.165) is 11.1 Å². The van der Waals surface area contributed by atoms with E-state index in [4.69, 9.17) is 13.9 Å². The number of rotatable bonds is 12. The maximum absolute atomic E-state index is 13.3. The van der Waals surface area contributed by atoms with E-state index in [9.17, 15) is 14.3 Å². The van der Waals surface area contributed by atoms with Gasteiger partial charge in [0.25, 0.3) is 0 Å². The lowest BCUT2D eigenvalue weighted by atomic mass is 10.2. The Hall–Kier alpha value is -3.91. The van der Waals surface area contributed by atoms with E-state index in [1.807, 2.05) is 42.5 Å². The van der Waals surface area contributed by atoms with E-state index >= 15 is 0 Å². The number of oxazole rings is 1. The molecule has 8 heteroatoms. The number of nitrogens with zero attached hydrogens (tertiary/aromatic N) is 1. The van der Waals surface area contributed by atoms with Gasteiger partial charge in [-0.05, 0) is 67.1 Å². The molecule has 0 amide bonds. The molecule has 4 rings (SSSR count). The summed E-state index contributed by atoms with van der Waals surface area (Å²) in [6, 6.07) is 20.7. The Morgan fingerprint density at radius 1 is 1.06 bits per heavy atom. The molecule has 0 spiro atoms. The average molecular weight is 479 g/mol. The molecule has 0 aliphatic heterocycles. The lowest BCUT2D eigenvalue weighted by Gasteiger charge is -2.17. The molecular formula is C27H27FN2O5. The van der Waals surface area contributed by atoms with Crippen molar-refractivity contribution in [1.82, 2.24) is 10.3 Å². The molecule has 0 saturated heterocycles. The van der Waals surface area contributed by atoms with Crippen LogP contribution in [0.1, 0.15) is 37.3 Å². The molecule has 1 heterocycles. The highest BCUT2D eigenvalue weighted by Crippen LogP contribution is 2.27. The van der Waals surface area contributed by atoms with Gasteiger partial charge in [-0.15, -0.1) is 0 Å². The van der Waals surface area contributed by atoms with Crippen LogP contribution in [0.5, 0.6) is 11.5 Å². The van der Waals surface area contributed by atoms with Crippen LogP contribution in [-0.4, -0.2) is 28.7 Å². The Balaban J connectivity index is 1.39. The third-order valence-electron chi connectivity index (χ3n) is 5.41. The predicted molar refractivity (Wildman–Crippen MR) is 129 cm³/mol. The summed E-state index contributed by atoms with van der Waals surface area (Å²) in [5.74, 6) is 0.168. The Morgan fingerprint density at radius 3 is 2.60 bits per heavy atom. The number of aliphatic carboxylic acids is 1. The minimum atomic E-state index is -0.984. The first kappa shape index (κ1) is 24.2. The molecular weight excluding hydrogens is 451 g/mol. The number of hydrogen-bond donors (Lipinski definition) is 2. The Kier molecular flexibility index (Phi) is 7.95. The monoisotopic (exact) mass is 478 g/mol. The maximum atomic E-state index is 13.3. The number of ether oxygens (including phenoxy) is 2. The van der Waals surface area contributed by atoms with Gasteiger partial charge in [-0.2, -0.15) is 0 Å². The van der Waals surface area contributed by atoms with Gasteiger partial charge in [0.05, 0.1) is 0 Å². The van der Waals surface area contributed by atoms with E-state index in [2.05, 4.69) is 10.3 Å². The Labute approximate surface area is 202 Å². The number of halogens is 1. The van der Waals surface area contributed by atoms with Crippen molar-refractivity contribution in [2.45, 2.75) is 38.5 Å². The topological polar surface area (TPSA) is 93.8 Å². The van der Waals surface area contributed by atoms with Gasteiger partial charge in [0.2, 0.25) is 5.89 Å². The van der Waals surface area contributed by atoms with Crippen LogP contribution < -0.4 is 14.8 Å². The molecule has 0 saturated carbocycles. The second-order valence-electron chi connectivity index (χ2n) is 8.05. The number of nitrogens with one attached hydrogen (secondary N) is 1. The second-order valence-corrected chi connectivity index (χ2v) is 8.05. The van der Waals surface area contributed by atoms with Crippen LogP contribution in [0.2, 0.25) is 0 Å². The molecule has 182 valence electrons. The van der Waals surface area contributed by atoms with Crippen LogP contribution >= 0.6 is 0 Å². The standard InChI is InChI=1S/C27H27FN2O5/c1-2-23(27(31)32)34-21-7-5-6-18(16-21)17-29-15-14-25(33-20-12-10-19(28)11-13-20)26-30-22-8-3-4-9-24(22)35-26/h3-13,16,23,25,29H,2,14-15,17H2,1H3,(H,31,32). The lowest BCUT2D eigenvalue weighted by molar-refractivity contribution is -0.145. The van der Waals surface area contributed by atoms with E-state index in [-0.39, 0.29) is 5.82 Å². The maximum Gasteiger partial charge on any atom is 0.344 e. The number of para-hydroxylation sites is 2. The van der Waals surface area contributed by atoms with Gasteiger partial charge in [-0.25, -0.2) is 14.2 Å². The first-order chi connectivity index (χ1) is 17.0. The zero-order valence-corrected chi connectivity index (χ0v) is 19.3. The lowest BCUT2D eigenvalue weighted by Crippen LogP contribution is -2.26. The largest absolute Gasteiger partial charge is 0.481 e. The summed E-state index contributed by atoms with van der Waals surface area (Å²) in [4.78, 5) is 15.8. The number of carbonyl (C=O) groups is 1. The first-order valence-electron chi connectivity index (χ1n) is 11.5. The molecule has 0 fully saturated rings. The van der Waals surface area contributed by atoms with Gasteiger partial charge < -0.3 is 24.3 Å². The Morgan fingerprint density at radius 2 is 1.86 bits per heavy atom. The first-order valence-corrected chi connectivity index (χ1v) is 11.5. The van der Waals surface area contributed by atoms with Crippen molar-refractivity contribution in [3.8, 4) is 11.5 Å². The number of fused-ring (bicyclic) bond motifs is 1. The molecule has 3 aromatic carbocycles. The summed E-state index contributed by atoms with van der Waals surface area (Å²) in [6.07, 6.45) is -0.421. The van der Waals surface area contributed by atoms with Gasteiger partial charge >= 0.3 is 5.97 Å². The zero-order chi connectivity index (χ0) is 24.6. The summed E-state index contributed by atoms with van der Waals surface area (Å²) in [6.45, 7) is 2.91. The summed E-state index contributed by atoms with van der Waals surface area (Å²) in [5, 5.41) is 12.6. The molecule has 4 aromatic rings. The molecule has 0 bridgehead atoms. The third-order valence-corrected chi connectivity index (χ3v) is 5.41. The highest BCUT2D eigenvalue weighted by molar-refractivity contribution is 5.73. The van der Waals surface area contributed by atoms with Gasteiger partial charge in [-0.1, -0.05) is 31.2 Å². The molecule has 2 unspecified atom stereocenters. The molecule has 2 atom stereocenters. The predicted octanol–water partition coefficient (Wildman–Crippen LogP) is 5.51. The second kappa shape index (κ2) is 11.5. The van der Waals surface area contributed by atoms with Crippen molar-refractivity contribution in [2.75, 3.05) is 6.54 Å². The van der Waals surface area contributed by atoms with Crippen molar-refractivity contribution in [1.29, 1.82) is 0 Å². The Bertz CT molecular complexity index is 1220. The fraction of sp³-hybridized carbons (Fsp3) is 0.259. The van der Waals surface area contributed by atoms with Crippen molar-refractivity contribution in [3.63, 3.8) is 0 Å². The zero-order valence-electron chi connectivity index (χ0n) is 19.3. The summed E-state index contributed by atoms with van der Waals surface area (Å²) in [5.41, 5.74) is 2.37. The molecule has 0 aliphatic rings. The fourth-order valence-corrected chi connectivity index (χ4v) is 3.61. The highest BCUT2D eigenvalue weighted by Gasteiger charge is 2.20. The van der Waals surface area contributed by atoms with Crippen LogP contribution in [0.25, 0.3) is 11.1 Å². The van der Waals surface area contributed by atoms with E-state index in [0.29, 0.717) is 48.9 Å². The van der Waals surface area contributed by atoms with Crippen molar-refractivity contribution in [3.05, 3.63) is 90.1 Å². The number of hydrogen-bond acceptors (Lipinski definition) is 6. The van der Waals surface area contributed by atoms with Gasteiger partial charge in [-0.3, -0.25) is 0 Å². The molecule has 2 N–H and O–H groups in total. The fourth-order valence-electron chi connectivity index (χ4n) is 3.61. The van der Waals surface area contributed by atoms with Crippen LogP contribution in [0, 0.1) is 5.82 Å². The quantitative estimate of drug-likeness (QED) is 0.259. The van der Waals surface area contributed by atoms with Crippen molar-refractivity contribution >= 4 is 17.1 Å². The van der Waals surface area contributed by atoms with Crippen LogP contribution in [0.4, 0.5) is 4.39 Å². The smallest absolute Gasteiger partial charge is 0.344 e. The van der Waals surface area contributed by atoms with Gasteiger partial charge in [0.15, 0.2) is 17.8 Å². The van der Waals surface area contributed by atoms with Gasteiger partial charge in [0.1, 0.15) is 22.8 Å². The molecule has 7 nitrogen and oxygen atoms in total. The number of carboxylic acid groups (broad SMARTS) is 1. The highest BCUT2D eigenvalue weighted by atomic mass is 19.1. The van der Waals surface area contributed by atoms with Crippen LogP contribution in [0.15, 0.2) is 77.2 Å². The van der Waals surface area contributed by atoms with Gasteiger partial charge in [0, 0.05) is 13.0 Å². The van der Waals surface area contributed by atoms with Crippen LogP contribution in [-0.2, 0) is 11.3 Å². The summed E-state index contributed by atoms with van der Waals surface area (Å²) < 4.78 is 30.9. The van der Waals surface area contributed by atoms with E-state index < -0.39 is 18.2 Å². The minimum absolute atomic E-state index is 0.336. The normalized spacial score (nSPS) is 12.9. The van der Waals surface area contributed by atoms with Crippen molar-refractivity contribution in [2.24, 2.45) is 0 Å².